The highest BCUT2D eigenvalue weighted by molar-refractivity contribution is 6.30. The van der Waals surface area contributed by atoms with E-state index >= 15 is 0 Å². The van der Waals surface area contributed by atoms with Gasteiger partial charge in [-0.25, -0.2) is 0 Å². The number of esters is 1. The summed E-state index contributed by atoms with van der Waals surface area (Å²) in [5, 5.41) is 3.37. The van der Waals surface area contributed by atoms with Crippen molar-refractivity contribution in [3.8, 4) is 0 Å². The number of nitrogens with one attached hydrogen (secondary N) is 1. The Balaban J connectivity index is 1.97. The quantitative estimate of drug-likeness (QED) is 0.502. The zero-order valence-electron chi connectivity index (χ0n) is 16.0. The van der Waals surface area contributed by atoms with Crippen LogP contribution in [-0.2, 0) is 20.7 Å². The van der Waals surface area contributed by atoms with Gasteiger partial charge in [0.05, 0.1) is 19.6 Å². The van der Waals surface area contributed by atoms with E-state index in [1.54, 1.807) is 36.4 Å². The second-order valence-electron chi connectivity index (χ2n) is 6.43. The molecule has 0 radical (unpaired) electrons. The minimum Gasteiger partial charge on any atom is -0.469 e. The van der Waals surface area contributed by atoms with Crippen LogP contribution in [0.2, 0.25) is 5.02 Å². The number of carbonyl (C=O) groups is 3. The number of ether oxygens (including phenoxy) is 1. The molecule has 0 saturated heterocycles. The van der Waals surface area contributed by atoms with Crippen LogP contribution in [-0.4, -0.2) is 24.8 Å². The van der Waals surface area contributed by atoms with Gasteiger partial charge in [-0.05, 0) is 29.7 Å². The van der Waals surface area contributed by atoms with Crippen LogP contribution in [0, 0.1) is 0 Å². The molecule has 2 rings (SSSR count). The highest BCUT2D eigenvalue weighted by Crippen LogP contribution is 2.20. The topological polar surface area (TPSA) is 72.5 Å². The summed E-state index contributed by atoms with van der Waals surface area (Å²) in [6, 6.07) is 13.7. The maximum atomic E-state index is 12.4. The first-order valence-corrected chi connectivity index (χ1v) is 9.54. The molecule has 1 unspecified atom stereocenters. The van der Waals surface area contributed by atoms with E-state index in [1.807, 2.05) is 19.1 Å². The van der Waals surface area contributed by atoms with Crippen LogP contribution in [0.4, 0.5) is 0 Å². The third kappa shape index (κ3) is 6.50. The smallest absolute Gasteiger partial charge is 0.307 e. The SMILES string of the molecule is CCc1ccc(C(=O)CCC(=O)NC(CC(=O)OC)c2ccc(Cl)cc2)cc1. The van der Waals surface area contributed by atoms with Crippen LogP contribution >= 0.6 is 11.6 Å². The Labute approximate surface area is 170 Å². The number of hydrogen-bond acceptors (Lipinski definition) is 4. The first kappa shape index (κ1) is 21.6. The van der Waals surface area contributed by atoms with E-state index in [-0.39, 0.29) is 31.0 Å². The molecule has 0 aromatic heterocycles. The zero-order chi connectivity index (χ0) is 20.5. The first-order valence-electron chi connectivity index (χ1n) is 9.16. The molecule has 5 nitrogen and oxygen atoms in total. The van der Waals surface area contributed by atoms with Crippen molar-refractivity contribution in [1.82, 2.24) is 5.32 Å². The molecule has 0 spiro atoms. The molecule has 0 heterocycles. The van der Waals surface area contributed by atoms with E-state index < -0.39 is 12.0 Å². The van der Waals surface area contributed by atoms with E-state index in [9.17, 15) is 14.4 Å². The summed E-state index contributed by atoms with van der Waals surface area (Å²) in [6.07, 6.45) is 1.04. The third-order valence-corrected chi connectivity index (χ3v) is 4.72. The van der Waals surface area contributed by atoms with E-state index in [4.69, 9.17) is 16.3 Å². The maximum absolute atomic E-state index is 12.4. The zero-order valence-corrected chi connectivity index (χ0v) is 16.8. The Kier molecular flexibility index (Phi) is 8.20. The number of methoxy groups -OCH3 is 1. The number of ketones is 1. The summed E-state index contributed by atoms with van der Waals surface area (Å²) in [6.45, 7) is 2.05. The van der Waals surface area contributed by atoms with Gasteiger partial charge in [0.1, 0.15) is 0 Å². The monoisotopic (exact) mass is 401 g/mol. The molecule has 2 aromatic carbocycles. The molecule has 0 fully saturated rings. The number of hydrogen-bond donors (Lipinski definition) is 1. The Morgan fingerprint density at radius 3 is 2.21 bits per heavy atom. The van der Waals surface area contributed by atoms with Crippen LogP contribution in [0.5, 0.6) is 0 Å². The molecule has 28 heavy (non-hydrogen) atoms. The number of carbonyl (C=O) groups excluding carboxylic acids is 3. The predicted octanol–water partition coefficient (Wildman–Crippen LogP) is 4.29. The van der Waals surface area contributed by atoms with Gasteiger partial charge in [-0.3, -0.25) is 14.4 Å². The molecule has 6 heteroatoms. The molecule has 0 aliphatic heterocycles. The van der Waals surface area contributed by atoms with Crippen LogP contribution in [0.25, 0.3) is 0 Å². The Hall–Kier alpha value is -2.66. The number of amides is 1. The number of benzene rings is 2. The Morgan fingerprint density at radius 2 is 1.64 bits per heavy atom. The van der Waals surface area contributed by atoms with Gasteiger partial charge in [-0.15, -0.1) is 0 Å². The van der Waals surface area contributed by atoms with Gasteiger partial charge in [0, 0.05) is 23.4 Å². The fourth-order valence-corrected chi connectivity index (χ4v) is 2.89. The number of Topliss-reactive ketones (excluding diaryl/α,β-unsaturated/α-hetero) is 1. The predicted molar refractivity (Wildman–Crippen MR) is 108 cm³/mol. The van der Waals surface area contributed by atoms with Gasteiger partial charge < -0.3 is 10.1 Å². The van der Waals surface area contributed by atoms with E-state index in [0.29, 0.717) is 10.6 Å². The summed E-state index contributed by atoms with van der Waals surface area (Å²) in [5.74, 6) is -0.830. The number of rotatable bonds is 9. The Bertz CT molecular complexity index is 815. The number of halogens is 1. The molecule has 0 bridgehead atoms. The summed E-state index contributed by atoms with van der Waals surface area (Å²) in [7, 11) is 1.30. The second kappa shape index (κ2) is 10.6. The number of aryl methyl sites for hydroxylation is 1. The standard InChI is InChI=1S/C22H24ClNO4/c1-3-15-4-6-17(7-5-15)20(25)12-13-21(26)24-19(14-22(27)28-2)16-8-10-18(23)11-9-16/h4-11,19H,3,12-14H2,1-2H3,(H,24,26). The average Bonchev–Trinajstić information content (AvgIpc) is 2.72. The largest absolute Gasteiger partial charge is 0.469 e. The third-order valence-electron chi connectivity index (χ3n) is 4.47. The molecule has 1 amide bonds. The van der Waals surface area contributed by atoms with Crippen LogP contribution < -0.4 is 5.32 Å². The van der Waals surface area contributed by atoms with Crippen LogP contribution in [0.15, 0.2) is 48.5 Å². The van der Waals surface area contributed by atoms with E-state index in [2.05, 4.69) is 5.32 Å². The lowest BCUT2D eigenvalue weighted by Gasteiger charge is -2.18. The minimum atomic E-state index is -0.545. The van der Waals surface area contributed by atoms with Gasteiger partial charge in [0.15, 0.2) is 5.78 Å². The van der Waals surface area contributed by atoms with Crippen molar-refractivity contribution in [2.45, 2.75) is 38.6 Å². The minimum absolute atomic E-state index is 0.00367. The molecular weight excluding hydrogens is 378 g/mol. The molecule has 1 atom stereocenters. The molecule has 0 saturated carbocycles. The first-order chi connectivity index (χ1) is 13.4. The molecule has 0 aliphatic rings. The molecule has 2 aromatic rings. The fourth-order valence-electron chi connectivity index (χ4n) is 2.76. The highest BCUT2D eigenvalue weighted by atomic mass is 35.5. The van der Waals surface area contributed by atoms with Gasteiger partial charge >= 0.3 is 5.97 Å². The van der Waals surface area contributed by atoms with Crippen molar-refractivity contribution in [3.05, 3.63) is 70.2 Å². The molecule has 1 N–H and O–H groups in total. The Morgan fingerprint density at radius 1 is 1.00 bits per heavy atom. The van der Waals surface area contributed by atoms with Crippen LogP contribution in [0.1, 0.15) is 53.7 Å². The normalized spacial score (nSPS) is 11.5. The van der Waals surface area contributed by atoms with Gasteiger partial charge in [-0.2, -0.15) is 0 Å². The van der Waals surface area contributed by atoms with E-state index in [1.165, 1.54) is 7.11 Å². The van der Waals surface area contributed by atoms with Crippen molar-refractivity contribution in [3.63, 3.8) is 0 Å². The second-order valence-corrected chi connectivity index (χ2v) is 6.86. The summed E-state index contributed by atoms with van der Waals surface area (Å²) in [4.78, 5) is 36.3. The van der Waals surface area contributed by atoms with Gasteiger partial charge in [0.25, 0.3) is 0 Å². The lowest BCUT2D eigenvalue weighted by atomic mass is 10.0. The molecular formula is C22H24ClNO4. The van der Waals surface area contributed by atoms with E-state index in [0.717, 1.165) is 17.5 Å². The van der Waals surface area contributed by atoms with Crippen molar-refractivity contribution in [2.24, 2.45) is 0 Å². The summed E-state index contributed by atoms with van der Waals surface area (Å²) >= 11 is 5.90. The van der Waals surface area contributed by atoms with Gasteiger partial charge in [-0.1, -0.05) is 54.9 Å². The van der Waals surface area contributed by atoms with Crippen molar-refractivity contribution in [1.29, 1.82) is 0 Å². The summed E-state index contributed by atoms with van der Waals surface area (Å²) < 4.78 is 4.71. The molecule has 148 valence electrons. The molecule has 0 aliphatic carbocycles. The maximum Gasteiger partial charge on any atom is 0.307 e. The average molecular weight is 402 g/mol. The van der Waals surface area contributed by atoms with Crippen molar-refractivity contribution < 1.29 is 19.1 Å². The summed E-state index contributed by atoms with van der Waals surface area (Å²) in [5.41, 5.74) is 2.49. The highest BCUT2D eigenvalue weighted by Gasteiger charge is 2.19. The van der Waals surface area contributed by atoms with Crippen molar-refractivity contribution in [2.75, 3.05) is 7.11 Å². The fraction of sp³-hybridized carbons (Fsp3) is 0.318. The lowest BCUT2D eigenvalue weighted by molar-refractivity contribution is -0.141. The van der Waals surface area contributed by atoms with Gasteiger partial charge in [0.2, 0.25) is 5.91 Å². The lowest BCUT2D eigenvalue weighted by Crippen LogP contribution is -2.30. The van der Waals surface area contributed by atoms with Crippen LogP contribution in [0.3, 0.4) is 0 Å². The van der Waals surface area contributed by atoms with Crippen molar-refractivity contribution >= 4 is 29.3 Å².